The summed E-state index contributed by atoms with van der Waals surface area (Å²) in [6.45, 7) is 2.31. The van der Waals surface area contributed by atoms with Crippen LogP contribution in [0.4, 0.5) is 18.9 Å². The Kier molecular flexibility index (Phi) is 6.96. The second kappa shape index (κ2) is 9.65. The molecule has 1 amide bonds. The number of amides is 1. The van der Waals surface area contributed by atoms with Crippen molar-refractivity contribution in [1.29, 1.82) is 0 Å². The maximum atomic E-state index is 12.5. The summed E-state index contributed by atoms with van der Waals surface area (Å²) < 4.78 is 33.9. The lowest BCUT2D eigenvalue weighted by atomic mass is 10.1. The third-order valence-corrected chi connectivity index (χ3v) is 4.89. The molecule has 1 aliphatic heterocycles. The van der Waals surface area contributed by atoms with Gasteiger partial charge in [0, 0.05) is 35.2 Å². The number of anilines is 1. The molecule has 1 aromatic heterocycles. The molecule has 0 saturated heterocycles. The molecule has 0 unspecified atom stereocenters. The van der Waals surface area contributed by atoms with E-state index in [-0.39, 0.29) is 5.91 Å². The zero-order valence-electron chi connectivity index (χ0n) is 16.6. The predicted octanol–water partition coefficient (Wildman–Crippen LogP) is 3.60. The van der Waals surface area contributed by atoms with Crippen molar-refractivity contribution < 1.29 is 27.9 Å². The topological polar surface area (TPSA) is 83.4 Å². The van der Waals surface area contributed by atoms with Crippen LogP contribution in [0.5, 0.6) is 0 Å². The maximum Gasteiger partial charge on any atom is 0.490 e. The number of carboxylic acid groups (broad SMARTS) is 1. The molecule has 2 aromatic carbocycles. The lowest BCUT2D eigenvalue weighted by Crippen LogP contribution is -2.21. The molecule has 0 atom stereocenters. The number of para-hydroxylation sites is 2. The Morgan fingerprint density at radius 1 is 1.00 bits per heavy atom. The third kappa shape index (κ3) is 5.64. The number of benzene rings is 2. The lowest BCUT2D eigenvalue weighted by molar-refractivity contribution is -0.192. The van der Waals surface area contributed by atoms with E-state index in [1.54, 1.807) is 0 Å². The highest BCUT2D eigenvalue weighted by atomic mass is 19.4. The number of fused-ring (bicyclic) bond motifs is 3. The SMILES string of the molecule is O=C(Cn1c2c(c3ccccc31)CCNCC2)Nc1ccccc1.O=C(O)C(F)(F)F. The van der Waals surface area contributed by atoms with E-state index in [1.165, 1.54) is 16.6 Å². The van der Waals surface area contributed by atoms with Crippen LogP contribution in [0.25, 0.3) is 10.9 Å². The molecule has 2 heterocycles. The van der Waals surface area contributed by atoms with Gasteiger partial charge in [0.15, 0.2) is 0 Å². The molecule has 31 heavy (non-hydrogen) atoms. The molecule has 3 N–H and O–H groups in total. The first kappa shape index (κ1) is 22.4. The van der Waals surface area contributed by atoms with E-state index in [9.17, 15) is 18.0 Å². The zero-order valence-corrected chi connectivity index (χ0v) is 16.6. The molecule has 0 aliphatic carbocycles. The average molecular weight is 433 g/mol. The van der Waals surface area contributed by atoms with Gasteiger partial charge in [0.25, 0.3) is 0 Å². The molecule has 0 radical (unpaired) electrons. The summed E-state index contributed by atoms with van der Waals surface area (Å²) in [5.41, 5.74) is 4.69. The van der Waals surface area contributed by atoms with Crippen LogP contribution >= 0.6 is 0 Å². The minimum absolute atomic E-state index is 0.0157. The fraction of sp³-hybridized carbons (Fsp3) is 0.273. The van der Waals surface area contributed by atoms with Crippen LogP contribution < -0.4 is 10.6 Å². The van der Waals surface area contributed by atoms with Gasteiger partial charge in [-0.25, -0.2) is 4.79 Å². The minimum atomic E-state index is -5.08. The molecule has 9 heteroatoms. The van der Waals surface area contributed by atoms with E-state index in [2.05, 4.69) is 33.4 Å². The number of carboxylic acids is 1. The van der Waals surface area contributed by atoms with Gasteiger partial charge in [0.2, 0.25) is 5.91 Å². The predicted molar refractivity (Wildman–Crippen MR) is 111 cm³/mol. The molecule has 1 aliphatic rings. The Hall–Kier alpha value is -3.33. The fourth-order valence-corrected chi connectivity index (χ4v) is 3.58. The Morgan fingerprint density at radius 3 is 2.29 bits per heavy atom. The molecule has 6 nitrogen and oxygen atoms in total. The highest BCUT2D eigenvalue weighted by Crippen LogP contribution is 2.28. The quantitative estimate of drug-likeness (QED) is 0.590. The number of halogens is 3. The Bertz CT molecular complexity index is 1060. The molecule has 164 valence electrons. The summed E-state index contributed by atoms with van der Waals surface area (Å²) in [6.07, 6.45) is -3.11. The normalized spacial score (nSPS) is 13.5. The van der Waals surface area contributed by atoms with E-state index >= 15 is 0 Å². The summed E-state index contributed by atoms with van der Waals surface area (Å²) in [5.74, 6) is -2.74. The lowest BCUT2D eigenvalue weighted by Gasteiger charge is -2.11. The largest absolute Gasteiger partial charge is 0.490 e. The Labute approximate surface area is 176 Å². The first-order valence-corrected chi connectivity index (χ1v) is 9.72. The number of nitrogens with one attached hydrogen (secondary N) is 2. The average Bonchev–Trinajstić information content (AvgIpc) is 2.87. The van der Waals surface area contributed by atoms with Crippen LogP contribution in [-0.2, 0) is 29.0 Å². The number of aromatic nitrogens is 1. The summed E-state index contributed by atoms with van der Waals surface area (Å²) in [6, 6.07) is 18.0. The van der Waals surface area contributed by atoms with Crippen molar-refractivity contribution in [1.82, 2.24) is 9.88 Å². The smallest absolute Gasteiger partial charge is 0.475 e. The molecule has 0 fully saturated rings. The molecule has 4 rings (SSSR count). The van der Waals surface area contributed by atoms with E-state index < -0.39 is 12.1 Å². The van der Waals surface area contributed by atoms with Gasteiger partial charge in [-0.1, -0.05) is 36.4 Å². The molecular weight excluding hydrogens is 411 g/mol. The van der Waals surface area contributed by atoms with Crippen LogP contribution in [0.1, 0.15) is 11.3 Å². The van der Waals surface area contributed by atoms with Gasteiger partial charge in [0.05, 0.1) is 0 Å². The van der Waals surface area contributed by atoms with Gasteiger partial charge < -0.3 is 20.3 Å². The van der Waals surface area contributed by atoms with E-state index in [4.69, 9.17) is 9.90 Å². The van der Waals surface area contributed by atoms with E-state index in [0.717, 1.165) is 37.1 Å². The first-order valence-electron chi connectivity index (χ1n) is 9.72. The zero-order chi connectivity index (χ0) is 22.4. The van der Waals surface area contributed by atoms with Crippen LogP contribution in [0, 0.1) is 0 Å². The van der Waals surface area contributed by atoms with Gasteiger partial charge in [-0.2, -0.15) is 13.2 Å². The molecule has 0 spiro atoms. The number of alkyl halides is 3. The van der Waals surface area contributed by atoms with Gasteiger partial charge in [-0.3, -0.25) is 4.79 Å². The number of nitrogens with zero attached hydrogens (tertiary/aromatic N) is 1. The summed E-state index contributed by atoms with van der Waals surface area (Å²) in [5, 5.41) is 14.8. The number of rotatable bonds is 3. The Morgan fingerprint density at radius 2 is 1.61 bits per heavy atom. The standard InChI is InChI=1S/C20H21N3O.C2HF3O2/c24-20(22-15-6-2-1-3-7-15)14-23-18-9-5-4-8-16(18)17-10-12-21-13-11-19(17)23;3-2(4,5)1(6)7/h1-9,21H,10-14H2,(H,22,24);(H,6,7). The van der Waals surface area contributed by atoms with Crippen molar-refractivity contribution in [2.24, 2.45) is 0 Å². The Balaban J connectivity index is 0.000000339. The van der Waals surface area contributed by atoms with Crippen molar-refractivity contribution in [2.75, 3.05) is 18.4 Å². The monoisotopic (exact) mass is 433 g/mol. The second-order valence-electron chi connectivity index (χ2n) is 7.00. The van der Waals surface area contributed by atoms with Gasteiger partial charge in [-0.05, 0) is 36.7 Å². The van der Waals surface area contributed by atoms with Crippen molar-refractivity contribution >= 4 is 28.5 Å². The van der Waals surface area contributed by atoms with E-state index in [1.807, 2.05) is 36.4 Å². The summed E-state index contributed by atoms with van der Waals surface area (Å²) >= 11 is 0. The first-order chi connectivity index (χ1) is 14.8. The highest BCUT2D eigenvalue weighted by molar-refractivity contribution is 5.93. The van der Waals surface area contributed by atoms with Crippen LogP contribution in [0.3, 0.4) is 0 Å². The number of carbonyl (C=O) groups excluding carboxylic acids is 1. The van der Waals surface area contributed by atoms with Gasteiger partial charge >= 0.3 is 12.1 Å². The van der Waals surface area contributed by atoms with Crippen LogP contribution in [-0.4, -0.2) is 40.8 Å². The number of hydrogen-bond acceptors (Lipinski definition) is 3. The van der Waals surface area contributed by atoms with Crippen molar-refractivity contribution in [2.45, 2.75) is 25.6 Å². The fourth-order valence-electron chi connectivity index (χ4n) is 3.58. The third-order valence-electron chi connectivity index (χ3n) is 4.89. The van der Waals surface area contributed by atoms with Gasteiger partial charge in [-0.15, -0.1) is 0 Å². The number of hydrogen-bond donors (Lipinski definition) is 3. The number of carbonyl (C=O) groups is 2. The minimum Gasteiger partial charge on any atom is -0.475 e. The molecular formula is C22H22F3N3O3. The van der Waals surface area contributed by atoms with E-state index in [0.29, 0.717) is 6.54 Å². The summed E-state index contributed by atoms with van der Waals surface area (Å²) in [7, 11) is 0. The van der Waals surface area contributed by atoms with Crippen molar-refractivity contribution in [3.05, 3.63) is 65.9 Å². The van der Waals surface area contributed by atoms with Gasteiger partial charge in [0.1, 0.15) is 6.54 Å². The highest BCUT2D eigenvalue weighted by Gasteiger charge is 2.38. The maximum absolute atomic E-state index is 12.5. The molecule has 0 bridgehead atoms. The molecule has 3 aromatic rings. The van der Waals surface area contributed by atoms with Crippen LogP contribution in [0.2, 0.25) is 0 Å². The van der Waals surface area contributed by atoms with Crippen molar-refractivity contribution in [3.63, 3.8) is 0 Å². The second-order valence-corrected chi connectivity index (χ2v) is 7.00. The van der Waals surface area contributed by atoms with Crippen molar-refractivity contribution in [3.8, 4) is 0 Å². The number of aliphatic carboxylic acids is 1. The van der Waals surface area contributed by atoms with Crippen LogP contribution in [0.15, 0.2) is 54.6 Å². The summed E-state index contributed by atoms with van der Waals surface area (Å²) in [4.78, 5) is 21.4. The molecule has 0 saturated carbocycles.